The Hall–Kier alpha value is -6.52. The van der Waals surface area contributed by atoms with Crippen LogP contribution >= 0.6 is 0 Å². The van der Waals surface area contributed by atoms with E-state index in [1.807, 2.05) is 30.3 Å². The lowest BCUT2D eigenvalue weighted by molar-refractivity contribution is 0.660. The van der Waals surface area contributed by atoms with Crippen molar-refractivity contribution < 1.29 is 0 Å². The van der Waals surface area contributed by atoms with Crippen molar-refractivity contribution in [2.45, 2.75) is 19.3 Å². The number of fused-ring (bicyclic) bond motifs is 6. The van der Waals surface area contributed by atoms with Crippen molar-refractivity contribution in [2.75, 3.05) is 10.6 Å². The Balaban J connectivity index is 1.24. The molecule has 4 heteroatoms. The SMILES string of the molecule is CC1(C)c2cc(N(c3ccc(-c4ccccc4)cc3)c3ccc4ccc5c(c4c3)C(=N)C(=N)C=C5)ccc2-c2c(-c3cccc(N)c3)cccc21. The summed E-state index contributed by atoms with van der Waals surface area (Å²) in [6, 6.07) is 51.5. The molecule has 4 nitrogen and oxygen atoms in total. The van der Waals surface area contributed by atoms with Gasteiger partial charge in [0.25, 0.3) is 0 Å². The van der Waals surface area contributed by atoms with Crippen LogP contribution in [-0.4, -0.2) is 11.4 Å². The molecule has 51 heavy (non-hydrogen) atoms. The number of hydrogen-bond donors (Lipinski definition) is 3. The zero-order valence-corrected chi connectivity index (χ0v) is 28.5. The molecular weight excluding hydrogens is 621 g/mol. The predicted octanol–water partition coefficient (Wildman–Crippen LogP) is 11.9. The fraction of sp³-hybridized carbons (Fsp3) is 0.0638. The molecule has 0 saturated carbocycles. The number of benzene rings is 7. The number of nitrogen functional groups attached to an aromatic ring is 1. The average Bonchev–Trinajstić information content (AvgIpc) is 3.39. The number of allylic oxidation sites excluding steroid dienone is 1. The van der Waals surface area contributed by atoms with Crippen molar-refractivity contribution in [3.05, 3.63) is 174 Å². The van der Waals surface area contributed by atoms with Crippen LogP contribution in [-0.2, 0) is 5.41 Å². The molecule has 0 atom stereocenters. The van der Waals surface area contributed by atoms with Crippen LogP contribution in [0.3, 0.4) is 0 Å². The van der Waals surface area contributed by atoms with E-state index in [9.17, 15) is 0 Å². The number of nitrogens with one attached hydrogen (secondary N) is 2. The first-order chi connectivity index (χ1) is 24.8. The maximum Gasteiger partial charge on any atom is 0.0873 e. The summed E-state index contributed by atoms with van der Waals surface area (Å²) >= 11 is 0. The van der Waals surface area contributed by atoms with Gasteiger partial charge in [0, 0.05) is 33.7 Å². The molecule has 0 aliphatic heterocycles. The van der Waals surface area contributed by atoms with Gasteiger partial charge in [0.2, 0.25) is 0 Å². The minimum absolute atomic E-state index is 0.228. The highest BCUT2D eigenvalue weighted by atomic mass is 15.1. The normalized spacial score (nSPS) is 13.9. The third-order valence-corrected chi connectivity index (χ3v) is 10.6. The monoisotopic (exact) mass is 656 g/mol. The molecule has 7 aromatic rings. The second kappa shape index (κ2) is 11.5. The maximum absolute atomic E-state index is 8.86. The van der Waals surface area contributed by atoms with E-state index in [1.54, 1.807) is 6.08 Å². The number of anilines is 4. The molecule has 0 spiro atoms. The van der Waals surface area contributed by atoms with Gasteiger partial charge in [0.05, 0.1) is 11.4 Å². The molecule has 0 unspecified atom stereocenters. The van der Waals surface area contributed by atoms with Crippen molar-refractivity contribution in [3.8, 4) is 33.4 Å². The highest BCUT2D eigenvalue weighted by Crippen LogP contribution is 2.54. The highest BCUT2D eigenvalue weighted by Gasteiger charge is 2.37. The van der Waals surface area contributed by atoms with Gasteiger partial charge in [-0.1, -0.05) is 117 Å². The summed E-state index contributed by atoms with van der Waals surface area (Å²) in [6.45, 7) is 4.64. The highest BCUT2D eigenvalue weighted by molar-refractivity contribution is 6.53. The van der Waals surface area contributed by atoms with Crippen molar-refractivity contribution in [1.82, 2.24) is 0 Å². The Morgan fingerprint density at radius 2 is 1.22 bits per heavy atom. The molecular formula is C47H36N4. The van der Waals surface area contributed by atoms with Gasteiger partial charge in [-0.2, -0.15) is 0 Å². The number of nitrogens with zero attached hydrogens (tertiary/aromatic N) is 1. The molecule has 0 heterocycles. The van der Waals surface area contributed by atoms with Crippen LogP contribution in [0.4, 0.5) is 22.7 Å². The second-order valence-corrected chi connectivity index (χ2v) is 14.0. The fourth-order valence-corrected chi connectivity index (χ4v) is 8.01. The average molecular weight is 657 g/mol. The van der Waals surface area contributed by atoms with E-state index >= 15 is 0 Å². The molecule has 0 amide bonds. The van der Waals surface area contributed by atoms with Gasteiger partial charge in [0.1, 0.15) is 0 Å². The second-order valence-electron chi connectivity index (χ2n) is 14.0. The lowest BCUT2D eigenvalue weighted by Gasteiger charge is -2.29. The smallest absolute Gasteiger partial charge is 0.0873 e. The summed E-state index contributed by atoms with van der Waals surface area (Å²) in [5.41, 5.74) is 21.8. The molecule has 0 saturated heterocycles. The lowest BCUT2D eigenvalue weighted by atomic mass is 9.81. The Morgan fingerprint density at radius 1 is 0.529 bits per heavy atom. The number of hydrogen-bond acceptors (Lipinski definition) is 4. The first kappa shape index (κ1) is 30.5. The van der Waals surface area contributed by atoms with Gasteiger partial charge < -0.3 is 10.6 Å². The Labute approximate surface area is 298 Å². The maximum atomic E-state index is 8.86. The molecule has 0 radical (unpaired) electrons. The van der Waals surface area contributed by atoms with Gasteiger partial charge in [-0.25, -0.2) is 0 Å². The summed E-state index contributed by atoms with van der Waals surface area (Å²) < 4.78 is 0. The van der Waals surface area contributed by atoms with E-state index in [4.69, 9.17) is 16.6 Å². The van der Waals surface area contributed by atoms with Crippen LogP contribution in [0, 0.1) is 10.8 Å². The van der Waals surface area contributed by atoms with Crippen LogP contribution in [0.2, 0.25) is 0 Å². The first-order valence-electron chi connectivity index (χ1n) is 17.3. The number of nitrogens with two attached hydrogens (primary N) is 1. The van der Waals surface area contributed by atoms with Gasteiger partial charge in [0.15, 0.2) is 0 Å². The van der Waals surface area contributed by atoms with Crippen LogP contribution in [0.1, 0.15) is 36.1 Å². The Bertz CT molecular complexity index is 2590. The summed E-state index contributed by atoms with van der Waals surface area (Å²) in [6.07, 6.45) is 3.66. The molecule has 0 bridgehead atoms. The van der Waals surface area contributed by atoms with E-state index in [1.165, 1.54) is 33.4 Å². The van der Waals surface area contributed by atoms with Gasteiger partial charge >= 0.3 is 0 Å². The molecule has 2 aliphatic carbocycles. The van der Waals surface area contributed by atoms with Gasteiger partial charge in [-0.3, -0.25) is 10.8 Å². The predicted molar refractivity (Wildman–Crippen MR) is 215 cm³/mol. The molecule has 4 N–H and O–H groups in total. The summed E-state index contributed by atoms with van der Waals surface area (Å²) in [7, 11) is 0. The molecule has 0 aromatic heterocycles. The fourth-order valence-electron chi connectivity index (χ4n) is 8.01. The summed E-state index contributed by atoms with van der Waals surface area (Å²) in [5, 5.41) is 19.3. The lowest BCUT2D eigenvalue weighted by Crippen LogP contribution is -2.17. The van der Waals surface area contributed by atoms with Gasteiger partial charge in [-0.15, -0.1) is 0 Å². The standard InChI is InChI=1S/C47H36N4/c1-47(2)41-13-7-12-38(33-10-6-11-34(48)26-33)45(41)39-24-23-37(28-42(39)47)51(35-20-16-30(17-21-35)29-8-4-3-5-9-29)36-22-18-31-14-15-32-19-25-43(49)46(50)44(32)40(31)27-36/h3-28,49-50H,48H2,1-2H3. The van der Waals surface area contributed by atoms with Crippen molar-refractivity contribution in [1.29, 1.82) is 10.8 Å². The molecule has 7 aromatic carbocycles. The molecule has 9 rings (SSSR count). The first-order valence-corrected chi connectivity index (χ1v) is 17.3. The largest absolute Gasteiger partial charge is 0.399 e. The molecule has 2 aliphatic rings. The van der Waals surface area contributed by atoms with E-state index in [2.05, 4.69) is 140 Å². The topological polar surface area (TPSA) is 77.0 Å². The van der Waals surface area contributed by atoms with Gasteiger partial charge in [-0.05, 0) is 115 Å². The Morgan fingerprint density at radius 3 is 2.02 bits per heavy atom. The Kier molecular flexibility index (Phi) is 6.90. The van der Waals surface area contributed by atoms with E-state index in [0.29, 0.717) is 0 Å². The van der Waals surface area contributed by atoms with Crippen LogP contribution < -0.4 is 10.6 Å². The minimum atomic E-state index is -0.232. The number of rotatable bonds is 5. The van der Waals surface area contributed by atoms with Crippen molar-refractivity contribution in [3.63, 3.8) is 0 Å². The van der Waals surface area contributed by atoms with E-state index < -0.39 is 0 Å². The van der Waals surface area contributed by atoms with E-state index in [0.717, 1.165) is 55.8 Å². The zero-order chi connectivity index (χ0) is 34.9. The molecule has 244 valence electrons. The summed E-state index contributed by atoms with van der Waals surface area (Å²) in [5.74, 6) is 0. The van der Waals surface area contributed by atoms with Crippen molar-refractivity contribution >= 4 is 51.0 Å². The third kappa shape index (κ3) is 4.91. The quantitative estimate of drug-likeness (QED) is 0.161. The molecule has 0 fully saturated rings. The minimum Gasteiger partial charge on any atom is -0.399 e. The van der Waals surface area contributed by atoms with Crippen molar-refractivity contribution in [2.24, 2.45) is 0 Å². The zero-order valence-electron chi connectivity index (χ0n) is 28.5. The van der Waals surface area contributed by atoms with Crippen LogP contribution in [0.5, 0.6) is 0 Å². The van der Waals surface area contributed by atoms with Crippen LogP contribution in [0.15, 0.2) is 152 Å². The summed E-state index contributed by atoms with van der Waals surface area (Å²) in [4.78, 5) is 2.32. The van der Waals surface area contributed by atoms with Crippen LogP contribution in [0.25, 0.3) is 50.2 Å². The van der Waals surface area contributed by atoms with E-state index in [-0.39, 0.29) is 16.8 Å². The third-order valence-electron chi connectivity index (χ3n) is 10.6.